The third-order valence-electron chi connectivity index (χ3n) is 12.1. The number of furan rings is 1. The van der Waals surface area contributed by atoms with Crippen LogP contribution in [0.3, 0.4) is 0 Å². The first kappa shape index (κ1) is 34.8. The van der Waals surface area contributed by atoms with Crippen LogP contribution in [0.4, 0.5) is 17.1 Å². The Morgan fingerprint density at radius 1 is 0.393 bits per heavy atom. The van der Waals surface area contributed by atoms with Crippen LogP contribution in [-0.4, -0.2) is 9.55 Å². The van der Waals surface area contributed by atoms with Crippen LogP contribution >= 0.6 is 0 Å². The summed E-state index contributed by atoms with van der Waals surface area (Å²) in [6.45, 7) is 0. The number of hydrogen-bond acceptors (Lipinski definition) is 3. The van der Waals surface area contributed by atoms with E-state index >= 15 is 0 Å². The first-order chi connectivity index (χ1) is 30.2. The van der Waals surface area contributed by atoms with Crippen LogP contribution in [0.25, 0.3) is 93.6 Å². The van der Waals surface area contributed by atoms with E-state index in [4.69, 9.17) is 4.42 Å². The highest BCUT2D eigenvalue weighted by molar-refractivity contribution is 6.12. The summed E-state index contributed by atoms with van der Waals surface area (Å²) in [5.41, 5.74) is 15.4. The zero-order valence-corrected chi connectivity index (χ0v) is 33.1. The lowest BCUT2D eigenvalue weighted by molar-refractivity contribution is 0.668. The van der Waals surface area contributed by atoms with E-state index < -0.39 is 0 Å². The molecular weight excluding hydrogens is 743 g/mol. The molecule has 286 valence electrons. The Morgan fingerprint density at radius 2 is 1.02 bits per heavy atom. The molecular formula is C57H37N3O. The molecule has 12 aromatic rings. The average Bonchev–Trinajstić information content (AvgIpc) is 3.88. The number of nitrogens with zero attached hydrogens (tertiary/aromatic N) is 3. The SMILES string of the molecule is c1cc(-c2cccc3ccccc23)cc(N(c2ccc(-c3cccc(-n4c5ccccc5c5ccccc54)c3)cc2)c2ccc(-c3cccc4oc5ccncc5c34)cc2)c1. The van der Waals surface area contributed by atoms with Gasteiger partial charge in [0.2, 0.25) is 0 Å². The third-order valence-corrected chi connectivity index (χ3v) is 12.1. The molecule has 0 atom stereocenters. The molecule has 0 unspecified atom stereocenters. The van der Waals surface area contributed by atoms with Gasteiger partial charge in [0.25, 0.3) is 0 Å². The molecule has 0 aliphatic heterocycles. The summed E-state index contributed by atoms with van der Waals surface area (Å²) in [6.07, 6.45) is 3.67. The monoisotopic (exact) mass is 779 g/mol. The zero-order valence-electron chi connectivity index (χ0n) is 33.1. The van der Waals surface area contributed by atoms with Crippen molar-refractivity contribution >= 4 is 71.6 Å². The molecule has 9 aromatic carbocycles. The molecule has 0 amide bonds. The number of anilines is 3. The lowest BCUT2D eigenvalue weighted by atomic mass is 9.97. The highest BCUT2D eigenvalue weighted by atomic mass is 16.3. The van der Waals surface area contributed by atoms with Crippen molar-refractivity contribution in [3.05, 3.63) is 225 Å². The topological polar surface area (TPSA) is 34.2 Å². The van der Waals surface area contributed by atoms with Gasteiger partial charge < -0.3 is 13.9 Å². The molecule has 0 radical (unpaired) electrons. The lowest BCUT2D eigenvalue weighted by Crippen LogP contribution is -2.10. The minimum atomic E-state index is 0.841. The van der Waals surface area contributed by atoms with Crippen molar-refractivity contribution < 1.29 is 4.42 Å². The normalized spacial score (nSPS) is 11.6. The fourth-order valence-corrected chi connectivity index (χ4v) is 9.27. The maximum atomic E-state index is 6.22. The Kier molecular flexibility index (Phi) is 8.13. The Labute approximate surface area is 352 Å². The van der Waals surface area contributed by atoms with Crippen molar-refractivity contribution in [2.75, 3.05) is 4.90 Å². The number of aromatic nitrogens is 2. The summed E-state index contributed by atoms with van der Waals surface area (Å²) >= 11 is 0. The van der Waals surface area contributed by atoms with Crippen molar-refractivity contribution in [2.24, 2.45) is 0 Å². The van der Waals surface area contributed by atoms with E-state index in [1.54, 1.807) is 6.20 Å². The van der Waals surface area contributed by atoms with Gasteiger partial charge in [-0.1, -0.05) is 140 Å². The second-order valence-electron chi connectivity index (χ2n) is 15.6. The van der Waals surface area contributed by atoms with Gasteiger partial charge in [-0.05, 0) is 117 Å². The molecule has 12 rings (SSSR count). The van der Waals surface area contributed by atoms with E-state index in [1.165, 1.54) is 43.7 Å². The van der Waals surface area contributed by atoms with Crippen LogP contribution in [0.5, 0.6) is 0 Å². The van der Waals surface area contributed by atoms with Gasteiger partial charge in [0.1, 0.15) is 11.2 Å². The molecule has 0 bridgehead atoms. The van der Waals surface area contributed by atoms with Crippen molar-refractivity contribution in [1.82, 2.24) is 9.55 Å². The average molecular weight is 780 g/mol. The smallest absolute Gasteiger partial charge is 0.138 e. The summed E-state index contributed by atoms with van der Waals surface area (Å²) in [6, 6.07) is 76.3. The van der Waals surface area contributed by atoms with Crippen LogP contribution in [0, 0.1) is 0 Å². The van der Waals surface area contributed by atoms with E-state index in [0.29, 0.717) is 0 Å². The van der Waals surface area contributed by atoms with Crippen LogP contribution in [0.15, 0.2) is 229 Å². The van der Waals surface area contributed by atoms with Gasteiger partial charge in [-0.25, -0.2) is 0 Å². The number of benzene rings is 9. The van der Waals surface area contributed by atoms with Crippen LogP contribution in [-0.2, 0) is 0 Å². The van der Waals surface area contributed by atoms with E-state index in [0.717, 1.165) is 66.9 Å². The zero-order chi connectivity index (χ0) is 40.3. The summed E-state index contributed by atoms with van der Waals surface area (Å²) in [7, 11) is 0. The van der Waals surface area contributed by atoms with Crippen LogP contribution < -0.4 is 4.90 Å². The second-order valence-corrected chi connectivity index (χ2v) is 15.6. The molecule has 0 saturated carbocycles. The molecule has 61 heavy (non-hydrogen) atoms. The van der Waals surface area contributed by atoms with Crippen molar-refractivity contribution in [2.45, 2.75) is 0 Å². The molecule has 0 aliphatic rings. The van der Waals surface area contributed by atoms with E-state index in [-0.39, 0.29) is 0 Å². The first-order valence-corrected chi connectivity index (χ1v) is 20.7. The molecule has 0 fully saturated rings. The second kappa shape index (κ2) is 14.3. The van der Waals surface area contributed by atoms with Gasteiger partial charge in [0, 0.05) is 56.7 Å². The highest BCUT2D eigenvalue weighted by Crippen LogP contribution is 2.42. The molecule has 3 heterocycles. The molecule has 4 nitrogen and oxygen atoms in total. The van der Waals surface area contributed by atoms with E-state index in [2.05, 4.69) is 215 Å². The number of hydrogen-bond donors (Lipinski definition) is 0. The third kappa shape index (κ3) is 5.88. The Morgan fingerprint density at radius 3 is 1.80 bits per heavy atom. The molecule has 0 aliphatic carbocycles. The minimum Gasteiger partial charge on any atom is -0.456 e. The standard InChI is InChI=1S/C57H37N3O/c1-2-17-47-39(11-1)12-9-20-48(47)42-14-8-15-45(36-42)59(44-31-27-40(28-32-44)49-21-10-24-56-57(49)52-37-58-34-33-55(52)61-56)43-29-25-38(26-30-43)41-13-7-16-46(35-41)60-53-22-5-3-18-50(53)51-19-4-6-23-54(51)60/h1-37H. The maximum Gasteiger partial charge on any atom is 0.138 e. The molecule has 0 saturated heterocycles. The molecule has 4 heteroatoms. The molecule has 3 aromatic heterocycles. The maximum absolute atomic E-state index is 6.22. The van der Waals surface area contributed by atoms with Gasteiger partial charge in [-0.2, -0.15) is 0 Å². The number of rotatable bonds is 7. The molecule has 0 N–H and O–H groups in total. The predicted molar refractivity (Wildman–Crippen MR) is 254 cm³/mol. The van der Waals surface area contributed by atoms with Crippen LogP contribution in [0.2, 0.25) is 0 Å². The Bertz CT molecular complexity index is 3540. The Hall–Kier alpha value is -8.21. The highest BCUT2D eigenvalue weighted by Gasteiger charge is 2.18. The van der Waals surface area contributed by atoms with E-state index in [9.17, 15) is 0 Å². The quantitative estimate of drug-likeness (QED) is 0.162. The number of fused-ring (bicyclic) bond motifs is 7. The largest absolute Gasteiger partial charge is 0.456 e. The lowest BCUT2D eigenvalue weighted by Gasteiger charge is -2.26. The van der Waals surface area contributed by atoms with Crippen molar-refractivity contribution in [3.8, 4) is 39.1 Å². The summed E-state index contributed by atoms with van der Waals surface area (Å²) in [5.74, 6) is 0. The van der Waals surface area contributed by atoms with Gasteiger partial charge in [-0.3, -0.25) is 4.98 Å². The molecule has 0 spiro atoms. The van der Waals surface area contributed by atoms with Crippen molar-refractivity contribution in [3.63, 3.8) is 0 Å². The fraction of sp³-hybridized carbons (Fsp3) is 0. The Balaban J connectivity index is 0.960. The fourth-order valence-electron chi connectivity index (χ4n) is 9.27. The van der Waals surface area contributed by atoms with Crippen LogP contribution in [0.1, 0.15) is 0 Å². The van der Waals surface area contributed by atoms with E-state index in [1.807, 2.05) is 18.3 Å². The van der Waals surface area contributed by atoms with Gasteiger partial charge in [-0.15, -0.1) is 0 Å². The van der Waals surface area contributed by atoms with Gasteiger partial charge in [0.15, 0.2) is 0 Å². The predicted octanol–water partition coefficient (Wildman–Crippen LogP) is 15.7. The van der Waals surface area contributed by atoms with Gasteiger partial charge in [0.05, 0.1) is 11.0 Å². The minimum absolute atomic E-state index is 0.841. The van der Waals surface area contributed by atoms with Gasteiger partial charge >= 0.3 is 0 Å². The first-order valence-electron chi connectivity index (χ1n) is 20.7. The summed E-state index contributed by atoms with van der Waals surface area (Å²) in [4.78, 5) is 6.77. The number of pyridine rings is 1. The summed E-state index contributed by atoms with van der Waals surface area (Å²) in [5, 5.41) is 7.08. The summed E-state index contributed by atoms with van der Waals surface area (Å²) < 4.78 is 8.60. The van der Waals surface area contributed by atoms with Crippen molar-refractivity contribution in [1.29, 1.82) is 0 Å². The number of para-hydroxylation sites is 2.